The van der Waals surface area contributed by atoms with E-state index in [-0.39, 0.29) is 6.10 Å². The molecule has 5 heteroatoms. The number of carbonyl (C=O) groups is 1. The molecule has 1 aliphatic rings. The zero-order valence-electron chi connectivity index (χ0n) is 8.84. The van der Waals surface area contributed by atoms with E-state index in [1.54, 1.807) is 6.20 Å². The van der Waals surface area contributed by atoms with Crippen LogP contribution in [0.15, 0.2) is 6.20 Å². The zero-order chi connectivity index (χ0) is 10.8. The van der Waals surface area contributed by atoms with Crippen molar-refractivity contribution < 1.29 is 9.53 Å². The van der Waals surface area contributed by atoms with Crippen LogP contribution in [0.4, 0.5) is 5.13 Å². The molecule has 1 aromatic rings. The monoisotopic (exact) mass is 226 g/mol. The van der Waals surface area contributed by atoms with Gasteiger partial charge in [-0.05, 0) is 13.8 Å². The number of rotatable bonds is 2. The second-order valence-electron chi connectivity index (χ2n) is 3.81. The van der Waals surface area contributed by atoms with Crippen molar-refractivity contribution in [3.63, 3.8) is 0 Å². The van der Waals surface area contributed by atoms with E-state index in [0.717, 1.165) is 24.6 Å². The van der Waals surface area contributed by atoms with Gasteiger partial charge in [-0.3, -0.25) is 4.79 Å². The minimum absolute atomic E-state index is 0.227. The first-order valence-corrected chi connectivity index (χ1v) is 5.81. The van der Waals surface area contributed by atoms with E-state index < -0.39 is 0 Å². The average molecular weight is 226 g/mol. The highest BCUT2D eigenvalue weighted by atomic mass is 32.1. The number of thiazole rings is 1. The van der Waals surface area contributed by atoms with Crippen molar-refractivity contribution in [1.82, 2.24) is 4.98 Å². The lowest BCUT2D eigenvalue weighted by molar-refractivity contribution is 0.0343. The Bertz CT molecular complexity index is 353. The summed E-state index contributed by atoms with van der Waals surface area (Å²) >= 11 is 1.44. The van der Waals surface area contributed by atoms with E-state index in [1.165, 1.54) is 11.3 Å². The highest BCUT2D eigenvalue weighted by Crippen LogP contribution is 2.25. The van der Waals surface area contributed by atoms with Gasteiger partial charge in [-0.1, -0.05) is 11.3 Å². The van der Waals surface area contributed by atoms with E-state index in [4.69, 9.17) is 4.74 Å². The Morgan fingerprint density at radius 3 is 3.13 bits per heavy atom. The van der Waals surface area contributed by atoms with Gasteiger partial charge >= 0.3 is 0 Å². The normalized spacial score (nSPS) is 26.7. The van der Waals surface area contributed by atoms with Crippen molar-refractivity contribution in [3.8, 4) is 0 Å². The van der Waals surface area contributed by atoms with Crippen LogP contribution in [0, 0.1) is 0 Å². The number of anilines is 1. The minimum atomic E-state index is 0.227. The molecule has 1 fully saturated rings. The summed E-state index contributed by atoms with van der Waals surface area (Å²) in [6, 6.07) is 0.326. The first-order valence-electron chi connectivity index (χ1n) is 5.00. The average Bonchev–Trinajstić information content (AvgIpc) is 2.70. The third-order valence-electron chi connectivity index (χ3n) is 2.48. The van der Waals surface area contributed by atoms with Gasteiger partial charge in [0.15, 0.2) is 11.4 Å². The Morgan fingerprint density at radius 2 is 2.47 bits per heavy atom. The number of carbonyl (C=O) groups excluding carboxylic acids is 1. The number of nitrogens with zero attached hydrogens (tertiary/aromatic N) is 2. The van der Waals surface area contributed by atoms with E-state index in [0.29, 0.717) is 10.9 Å². The van der Waals surface area contributed by atoms with Gasteiger partial charge in [0.2, 0.25) is 0 Å². The largest absolute Gasteiger partial charge is 0.375 e. The highest BCUT2D eigenvalue weighted by molar-refractivity contribution is 7.17. The van der Waals surface area contributed by atoms with Crippen LogP contribution in [0.5, 0.6) is 0 Å². The summed E-state index contributed by atoms with van der Waals surface area (Å²) in [5.74, 6) is 0. The molecule has 1 aliphatic heterocycles. The van der Waals surface area contributed by atoms with E-state index in [9.17, 15) is 4.79 Å². The summed E-state index contributed by atoms with van der Waals surface area (Å²) in [4.78, 5) is 17.7. The van der Waals surface area contributed by atoms with Crippen molar-refractivity contribution >= 4 is 22.8 Å². The maximum absolute atomic E-state index is 10.6. The molecule has 0 N–H and O–H groups in total. The quantitative estimate of drug-likeness (QED) is 0.718. The van der Waals surface area contributed by atoms with Gasteiger partial charge in [-0.15, -0.1) is 0 Å². The Kier molecular flexibility index (Phi) is 3.02. The molecule has 0 bridgehead atoms. The smallest absolute Gasteiger partial charge is 0.186 e. The molecule has 1 aromatic heterocycles. The molecule has 15 heavy (non-hydrogen) atoms. The number of hydrogen-bond donors (Lipinski definition) is 0. The second-order valence-corrected chi connectivity index (χ2v) is 4.85. The van der Waals surface area contributed by atoms with Crippen LogP contribution < -0.4 is 4.90 Å². The van der Waals surface area contributed by atoms with Crippen LogP contribution >= 0.6 is 11.3 Å². The van der Waals surface area contributed by atoms with E-state index in [1.807, 2.05) is 6.92 Å². The first kappa shape index (κ1) is 10.6. The number of aldehydes is 1. The van der Waals surface area contributed by atoms with Crippen molar-refractivity contribution in [3.05, 3.63) is 11.1 Å². The fourth-order valence-corrected chi connectivity index (χ4v) is 2.48. The van der Waals surface area contributed by atoms with E-state index in [2.05, 4.69) is 16.8 Å². The van der Waals surface area contributed by atoms with Gasteiger partial charge in [0, 0.05) is 6.54 Å². The Hall–Kier alpha value is -0.940. The summed E-state index contributed by atoms with van der Waals surface area (Å²) in [5.41, 5.74) is 0. The Labute approximate surface area is 92.9 Å². The van der Waals surface area contributed by atoms with Crippen LogP contribution in [0.3, 0.4) is 0 Å². The molecule has 2 atom stereocenters. The van der Waals surface area contributed by atoms with Crippen LogP contribution in [-0.2, 0) is 4.74 Å². The fraction of sp³-hybridized carbons (Fsp3) is 0.600. The number of ether oxygens (including phenoxy) is 1. The molecule has 2 unspecified atom stereocenters. The van der Waals surface area contributed by atoms with Crippen LogP contribution in [0.1, 0.15) is 23.5 Å². The van der Waals surface area contributed by atoms with Gasteiger partial charge in [0.25, 0.3) is 0 Å². The zero-order valence-corrected chi connectivity index (χ0v) is 9.66. The summed E-state index contributed by atoms with van der Waals surface area (Å²) in [6.45, 7) is 5.71. The second kappa shape index (κ2) is 4.28. The van der Waals surface area contributed by atoms with Crippen molar-refractivity contribution in [1.29, 1.82) is 0 Å². The third-order valence-corrected chi connectivity index (χ3v) is 3.44. The predicted molar refractivity (Wildman–Crippen MR) is 59.7 cm³/mol. The number of aromatic nitrogens is 1. The van der Waals surface area contributed by atoms with E-state index >= 15 is 0 Å². The molecule has 2 heterocycles. The molecule has 0 aliphatic carbocycles. The number of morpholine rings is 1. The standard InChI is InChI=1S/C10H14N2O2S/c1-7-6-14-8(2)4-12(7)10-11-3-9(5-13)15-10/h3,5,7-8H,4,6H2,1-2H3. The van der Waals surface area contributed by atoms with Gasteiger partial charge in [0.05, 0.1) is 29.8 Å². The van der Waals surface area contributed by atoms with Crippen LogP contribution in [0.25, 0.3) is 0 Å². The molecule has 1 saturated heterocycles. The van der Waals surface area contributed by atoms with Crippen molar-refractivity contribution in [2.24, 2.45) is 0 Å². The number of hydrogen-bond acceptors (Lipinski definition) is 5. The predicted octanol–water partition coefficient (Wildman–Crippen LogP) is 1.57. The molecule has 0 aromatic carbocycles. The van der Waals surface area contributed by atoms with Crippen molar-refractivity contribution in [2.45, 2.75) is 26.0 Å². The maximum Gasteiger partial charge on any atom is 0.186 e. The van der Waals surface area contributed by atoms with Crippen LogP contribution in [-0.4, -0.2) is 36.6 Å². The Balaban J connectivity index is 2.17. The molecule has 4 nitrogen and oxygen atoms in total. The maximum atomic E-state index is 10.6. The van der Waals surface area contributed by atoms with Gasteiger partial charge in [-0.25, -0.2) is 4.98 Å². The molecule has 0 saturated carbocycles. The third kappa shape index (κ3) is 2.18. The molecule has 2 rings (SSSR count). The summed E-state index contributed by atoms with van der Waals surface area (Å²) in [7, 11) is 0. The van der Waals surface area contributed by atoms with Gasteiger partial charge < -0.3 is 9.64 Å². The van der Waals surface area contributed by atoms with Crippen molar-refractivity contribution in [2.75, 3.05) is 18.1 Å². The lowest BCUT2D eigenvalue weighted by Crippen LogP contribution is -2.47. The minimum Gasteiger partial charge on any atom is -0.375 e. The molecule has 0 radical (unpaired) electrons. The molecule has 0 amide bonds. The fourth-order valence-electron chi connectivity index (χ4n) is 1.63. The summed E-state index contributed by atoms with van der Waals surface area (Å²) in [5, 5.41) is 0.916. The molecular weight excluding hydrogens is 212 g/mol. The Morgan fingerprint density at radius 1 is 1.67 bits per heavy atom. The summed E-state index contributed by atoms with van der Waals surface area (Å²) < 4.78 is 5.54. The van der Waals surface area contributed by atoms with Crippen LogP contribution in [0.2, 0.25) is 0 Å². The lowest BCUT2D eigenvalue weighted by Gasteiger charge is -2.36. The highest BCUT2D eigenvalue weighted by Gasteiger charge is 2.25. The molecule has 0 spiro atoms. The topological polar surface area (TPSA) is 42.4 Å². The van der Waals surface area contributed by atoms with Gasteiger partial charge in [0.1, 0.15) is 0 Å². The molecule has 82 valence electrons. The molecular formula is C10H14N2O2S. The summed E-state index contributed by atoms with van der Waals surface area (Å²) in [6.07, 6.45) is 2.69. The van der Waals surface area contributed by atoms with Gasteiger partial charge in [-0.2, -0.15) is 0 Å². The SMILES string of the molecule is CC1CN(c2ncc(C=O)s2)C(C)CO1. The first-order chi connectivity index (χ1) is 7.20. The lowest BCUT2D eigenvalue weighted by atomic mass is 10.2.